The molecule has 0 aromatic heterocycles. The highest BCUT2D eigenvalue weighted by Crippen LogP contribution is 2.21. The number of ketones is 1. The van der Waals surface area contributed by atoms with E-state index >= 15 is 0 Å². The number of hydrogen-bond donors (Lipinski definition) is 5. The van der Waals surface area contributed by atoms with Crippen LogP contribution in [0.15, 0.2) is 0 Å². The van der Waals surface area contributed by atoms with Gasteiger partial charge in [-0.25, -0.2) is 0 Å². The summed E-state index contributed by atoms with van der Waals surface area (Å²) in [6.45, 7) is 1.20. The number of unbranched alkanes of at least 4 members (excludes halogenated alkanes) is 1. The smallest absolute Gasteiger partial charge is 0.220 e. The monoisotopic (exact) mass is 349 g/mol. The number of aliphatic hydroxyl groups excluding tert-OH is 4. The molecule has 0 spiro atoms. The maximum Gasteiger partial charge on any atom is 0.220 e. The Balaban J connectivity index is 2.19. The lowest BCUT2D eigenvalue weighted by Gasteiger charge is -2.39. The van der Waals surface area contributed by atoms with E-state index in [1.807, 2.05) is 0 Å². The number of Topliss-reactive ketones (excluding diaryl/α,β-unsaturated/α-hetero) is 1. The van der Waals surface area contributed by atoms with Gasteiger partial charge >= 0.3 is 0 Å². The summed E-state index contributed by atoms with van der Waals surface area (Å²) < 4.78 is 10.4. The first-order valence-electron chi connectivity index (χ1n) is 8.05. The number of carbonyl (C=O) groups excluding carboxylic acids is 2. The predicted molar refractivity (Wildman–Crippen MR) is 81.9 cm³/mol. The summed E-state index contributed by atoms with van der Waals surface area (Å²) in [7, 11) is 0. The molecule has 0 aromatic rings. The average molecular weight is 349 g/mol. The molecular formula is C15H27NO8. The molecule has 5 N–H and O–H groups in total. The Bertz CT molecular complexity index is 403. The third-order valence-corrected chi connectivity index (χ3v) is 3.74. The van der Waals surface area contributed by atoms with Gasteiger partial charge < -0.3 is 40.0 Å². The Kier molecular flexibility index (Phi) is 9.34. The van der Waals surface area contributed by atoms with E-state index in [2.05, 4.69) is 5.32 Å². The molecule has 0 unspecified atom stereocenters. The third kappa shape index (κ3) is 6.80. The van der Waals surface area contributed by atoms with Crippen molar-refractivity contribution >= 4 is 11.7 Å². The molecule has 1 rings (SSSR count). The SMILES string of the molecule is CC(=O)CCCCC(=O)NCCO[C@H]1O[C@H](CO)[C@@H](O)[C@H](O)[C@@H]1O. The fourth-order valence-corrected chi connectivity index (χ4v) is 2.32. The summed E-state index contributed by atoms with van der Waals surface area (Å²) in [5.41, 5.74) is 0. The van der Waals surface area contributed by atoms with E-state index < -0.39 is 37.3 Å². The lowest BCUT2D eigenvalue weighted by atomic mass is 9.99. The number of nitrogens with one attached hydrogen (secondary N) is 1. The van der Waals surface area contributed by atoms with E-state index in [4.69, 9.17) is 14.6 Å². The highest BCUT2D eigenvalue weighted by Gasteiger charge is 2.43. The first-order chi connectivity index (χ1) is 11.4. The summed E-state index contributed by atoms with van der Waals surface area (Å²) in [4.78, 5) is 22.3. The van der Waals surface area contributed by atoms with Crippen molar-refractivity contribution in [2.24, 2.45) is 0 Å². The molecule has 0 saturated carbocycles. The normalized spacial score (nSPS) is 30.1. The summed E-state index contributed by atoms with van der Waals surface area (Å²) >= 11 is 0. The van der Waals surface area contributed by atoms with Gasteiger partial charge in [0.05, 0.1) is 13.2 Å². The second-order valence-corrected chi connectivity index (χ2v) is 5.83. The topological polar surface area (TPSA) is 146 Å². The Morgan fingerprint density at radius 2 is 1.75 bits per heavy atom. The van der Waals surface area contributed by atoms with Gasteiger partial charge in [0.2, 0.25) is 5.91 Å². The molecule has 0 bridgehead atoms. The van der Waals surface area contributed by atoms with Crippen LogP contribution in [0.25, 0.3) is 0 Å². The number of amides is 1. The van der Waals surface area contributed by atoms with Crippen LogP contribution < -0.4 is 5.32 Å². The molecule has 0 aromatic carbocycles. The lowest BCUT2D eigenvalue weighted by Crippen LogP contribution is -2.59. The van der Waals surface area contributed by atoms with Crippen molar-refractivity contribution < 1.29 is 39.5 Å². The fraction of sp³-hybridized carbons (Fsp3) is 0.867. The molecule has 9 nitrogen and oxygen atoms in total. The van der Waals surface area contributed by atoms with Gasteiger partial charge in [-0.1, -0.05) is 0 Å². The van der Waals surface area contributed by atoms with Gasteiger partial charge in [-0.05, 0) is 19.8 Å². The molecular weight excluding hydrogens is 322 g/mol. The van der Waals surface area contributed by atoms with E-state index in [0.29, 0.717) is 25.7 Å². The van der Waals surface area contributed by atoms with Crippen LogP contribution in [0, 0.1) is 0 Å². The van der Waals surface area contributed by atoms with Crippen LogP contribution in [0.2, 0.25) is 0 Å². The van der Waals surface area contributed by atoms with Crippen molar-refractivity contribution in [3.8, 4) is 0 Å². The number of rotatable bonds is 10. The zero-order valence-electron chi connectivity index (χ0n) is 13.8. The first-order valence-corrected chi connectivity index (χ1v) is 8.05. The summed E-state index contributed by atoms with van der Waals surface area (Å²) in [5, 5.41) is 40.7. The van der Waals surface area contributed by atoms with Crippen LogP contribution in [0.4, 0.5) is 0 Å². The molecule has 1 heterocycles. The predicted octanol–water partition coefficient (Wildman–Crippen LogP) is -1.93. The van der Waals surface area contributed by atoms with Crippen molar-refractivity contribution in [3.63, 3.8) is 0 Å². The average Bonchev–Trinajstić information content (AvgIpc) is 2.55. The highest BCUT2D eigenvalue weighted by molar-refractivity contribution is 5.76. The maximum atomic E-state index is 11.6. The van der Waals surface area contributed by atoms with Gasteiger partial charge in [0, 0.05) is 19.4 Å². The Labute approximate surface area is 140 Å². The summed E-state index contributed by atoms with van der Waals surface area (Å²) in [6, 6.07) is 0. The molecule has 1 fully saturated rings. The van der Waals surface area contributed by atoms with Crippen LogP contribution >= 0.6 is 0 Å². The fourth-order valence-electron chi connectivity index (χ4n) is 2.32. The third-order valence-electron chi connectivity index (χ3n) is 3.74. The zero-order chi connectivity index (χ0) is 18.1. The van der Waals surface area contributed by atoms with Crippen LogP contribution in [-0.4, -0.2) is 82.6 Å². The summed E-state index contributed by atoms with van der Waals surface area (Å²) in [6.07, 6.45) is -4.53. The molecule has 1 aliphatic heterocycles. The van der Waals surface area contributed by atoms with Crippen LogP contribution in [-0.2, 0) is 19.1 Å². The van der Waals surface area contributed by atoms with Crippen LogP contribution in [0.1, 0.15) is 32.6 Å². The Morgan fingerprint density at radius 1 is 1.08 bits per heavy atom. The number of aliphatic hydroxyl groups is 4. The highest BCUT2D eigenvalue weighted by atomic mass is 16.7. The molecule has 24 heavy (non-hydrogen) atoms. The quantitative estimate of drug-likeness (QED) is 0.287. The van der Waals surface area contributed by atoms with Crippen LogP contribution in [0.5, 0.6) is 0 Å². The largest absolute Gasteiger partial charge is 0.394 e. The molecule has 1 aliphatic rings. The van der Waals surface area contributed by atoms with Gasteiger partial charge in [0.25, 0.3) is 0 Å². The van der Waals surface area contributed by atoms with Gasteiger partial charge in [-0.15, -0.1) is 0 Å². The van der Waals surface area contributed by atoms with Gasteiger partial charge in [-0.3, -0.25) is 4.79 Å². The van der Waals surface area contributed by atoms with Crippen LogP contribution in [0.3, 0.4) is 0 Å². The molecule has 9 heteroatoms. The number of ether oxygens (including phenoxy) is 2. The van der Waals surface area contributed by atoms with E-state index in [-0.39, 0.29) is 24.8 Å². The van der Waals surface area contributed by atoms with Gasteiger partial charge in [-0.2, -0.15) is 0 Å². The maximum absolute atomic E-state index is 11.6. The van der Waals surface area contributed by atoms with Gasteiger partial charge in [0.15, 0.2) is 6.29 Å². The molecule has 0 radical (unpaired) electrons. The molecule has 1 amide bonds. The van der Waals surface area contributed by atoms with Gasteiger partial charge in [0.1, 0.15) is 30.2 Å². The second kappa shape index (κ2) is 10.7. The minimum absolute atomic E-state index is 0.0296. The Hall–Kier alpha value is -1.10. The first kappa shape index (κ1) is 20.9. The zero-order valence-corrected chi connectivity index (χ0v) is 13.8. The minimum Gasteiger partial charge on any atom is -0.394 e. The van der Waals surface area contributed by atoms with Crippen molar-refractivity contribution in [2.75, 3.05) is 19.8 Å². The van der Waals surface area contributed by atoms with E-state index in [0.717, 1.165) is 0 Å². The number of hydrogen-bond acceptors (Lipinski definition) is 8. The number of carbonyl (C=O) groups is 2. The second-order valence-electron chi connectivity index (χ2n) is 5.83. The van der Waals surface area contributed by atoms with E-state index in [9.17, 15) is 24.9 Å². The van der Waals surface area contributed by atoms with Crippen molar-refractivity contribution in [2.45, 2.75) is 63.3 Å². The lowest BCUT2D eigenvalue weighted by molar-refractivity contribution is -0.300. The van der Waals surface area contributed by atoms with E-state index in [1.54, 1.807) is 0 Å². The van der Waals surface area contributed by atoms with Crippen molar-refractivity contribution in [3.05, 3.63) is 0 Å². The molecule has 5 atom stereocenters. The molecule has 140 valence electrons. The Morgan fingerprint density at radius 3 is 2.38 bits per heavy atom. The molecule has 0 aliphatic carbocycles. The standard InChI is InChI=1S/C15H27NO8/c1-9(18)4-2-3-5-11(19)16-6-7-23-15-14(22)13(21)12(20)10(8-17)24-15/h10,12-15,17,20-22H,2-8H2,1H3,(H,16,19)/t10-,12-,13+,14+,15+/m1/s1. The summed E-state index contributed by atoms with van der Waals surface area (Å²) in [5.74, 6) is -0.0701. The van der Waals surface area contributed by atoms with Crippen molar-refractivity contribution in [1.29, 1.82) is 0 Å². The molecule has 1 saturated heterocycles. The minimum atomic E-state index is -1.49. The van der Waals surface area contributed by atoms with Crippen molar-refractivity contribution in [1.82, 2.24) is 5.32 Å². The van der Waals surface area contributed by atoms with E-state index in [1.165, 1.54) is 6.92 Å².